The third-order valence-corrected chi connectivity index (χ3v) is 5.13. The molecular weight excluding hydrogens is 368 g/mol. The molecule has 6 nitrogen and oxygen atoms in total. The number of nitrogens with zero attached hydrogens (tertiary/aromatic N) is 1. The van der Waals surface area contributed by atoms with Crippen LogP contribution in [-0.2, 0) is 6.54 Å². The van der Waals surface area contributed by atoms with Gasteiger partial charge in [0.05, 0.1) is 37.6 Å². The molecule has 152 valence electrons. The molecule has 0 unspecified atom stereocenters. The Balaban J connectivity index is 1.86. The second-order valence-electron chi connectivity index (χ2n) is 6.80. The summed E-state index contributed by atoms with van der Waals surface area (Å²) in [6.07, 6.45) is 2.02. The maximum Gasteiger partial charge on any atom is 0.163 e. The fraction of sp³-hybridized carbons (Fsp3) is 0.304. The zero-order valence-electron chi connectivity index (χ0n) is 16.9. The number of hydrogen-bond donors (Lipinski definition) is 2. The quantitative estimate of drug-likeness (QED) is 0.657. The van der Waals surface area contributed by atoms with E-state index in [4.69, 9.17) is 14.2 Å². The van der Waals surface area contributed by atoms with Crippen LogP contribution in [0.5, 0.6) is 23.0 Å². The summed E-state index contributed by atoms with van der Waals surface area (Å²) >= 11 is 0. The first-order valence-corrected chi connectivity index (χ1v) is 9.87. The number of aromatic nitrogens is 1. The lowest BCUT2D eigenvalue weighted by Crippen LogP contribution is -2.22. The van der Waals surface area contributed by atoms with Crippen LogP contribution >= 0.6 is 0 Å². The monoisotopic (exact) mass is 394 g/mol. The van der Waals surface area contributed by atoms with Gasteiger partial charge in [-0.15, -0.1) is 0 Å². The number of ether oxygens (including phenoxy) is 3. The fourth-order valence-electron chi connectivity index (χ4n) is 3.91. The van der Waals surface area contributed by atoms with Crippen molar-refractivity contribution in [2.45, 2.75) is 26.4 Å². The van der Waals surface area contributed by atoms with E-state index in [0.29, 0.717) is 25.5 Å². The van der Waals surface area contributed by atoms with Gasteiger partial charge in [0, 0.05) is 24.5 Å². The standard InChI is InChI=1S/C23H26N2O4/c1-4-28-20-12-15-14-24-23(22-18(26)9-6-10-19(22)27-3)16-8-7-11-25(16)17(15)13-21(20)29-5-2/h6-13,23-24,26H,4-5,14H2,1-3H3/t23-/m1/s1. The summed E-state index contributed by atoms with van der Waals surface area (Å²) in [4.78, 5) is 0. The zero-order chi connectivity index (χ0) is 20.4. The molecule has 29 heavy (non-hydrogen) atoms. The molecule has 0 saturated heterocycles. The molecule has 2 N–H and O–H groups in total. The summed E-state index contributed by atoms with van der Waals surface area (Å²) in [5.41, 5.74) is 3.85. The lowest BCUT2D eigenvalue weighted by Gasteiger charge is -2.21. The predicted molar refractivity (Wildman–Crippen MR) is 111 cm³/mol. The lowest BCUT2D eigenvalue weighted by atomic mass is 10.0. The van der Waals surface area contributed by atoms with Gasteiger partial charge in [-0.1, -0.05) is 6.07 Å². The van der Waals surface area contributed by atoms with Crippen LogP contribution in [-0.4, -0.2) is 30.0 Å². The van der Waals surface area contributed by atoms with E-state index in [0.717, 1.165) is 34.0 Å². The highest BCUT2D eigenvalue weighted by molar-refractivity contribution is 5.58. The number of hydrogen-bond acceptors (Lipinski definition) is 5. The summed E-state index contributed by atoms with van der Waals surface area (Å²) in [7, 11) is 1.62. The second-order valence-corrected chi connectivity index (χ2v) is 6.80. The molecule has 3 aromatic rings. The number of fused-ring (bicyclic) bond motifs is 3. The van der Waals surface area contributed by atoms with Crippen LogP contribution in [0.15, 0.2) is 48.7 Å². The largest absolute Gasteiger partial charge is 0.507 e. The molecule has 1 atom stereocenters. The Morgan fingerprint density at radius 2 is 1.79 bits per heavy atom. The van der Waals surface area contributed by atoms with Crippen molar-refractivity contribution in [1.82, 2.24) is 9.88 Å². The van der Waals surface area contributed by atoms with Crippen molar-refractivity contribution in [2.24, 2.45) is 0 Å². The van der Waals surface area contributed by atoms with Crippen LogP contribution in [0.25, 0.3) is 5.69 Å². The van der Waals surface area contributed by atoms with Gasteiger partial charge >= 0.3 is 0 Å². The van der Waals surface area contributed by atoms with E-state index in [2.05, 4.69) is 16.0 Å². The smallest absolute Gasteiger partial charge is 0.163 e. The minimum atomic E-state index is -0.236. The molecule has 0 fully saturated rings. The molecule has 0 amide bonds. The van der Waals surface area contributed by atoms with Gasteiger partial charge in [0.2, 0.25) is 0 Å². The van der Waals surface area contributed by atoms with E-state index in [-0.39, 0.29) is 11.8 Å². The first-order chi connectivity index (χ1) is 14.2. The third-order valence-electron chi connectivity index (χ3n) is 5.13. The Kier molecular flexibility index (Phi) is 5.36. The van der Waals surface area contributed by atoms with Crippen LogP contribution in [0, 0.1) is 0 Å². The highest BCUT2D eigenvalue weighted by Gasteiger charge is 2.28. The Morgan fingerprint density at radius 3 is 2.52 bits per heavy atom. The van der Waals surface area contributed by atoms with Crippen molar-refractivity contribution >= 4 is 0 Å². The van der Waals surface area contributed by atoms with Crippen LogP contribution in [0.2, 0.25) is 0 Å². The fourth-order valence-corrected chi connectivity index (χ4v) is 3.91. The van der Waals surface area contributed by atoms with Gasteiger partial charge in [0.25, 0.3) is 0 Å². The molecule has 0 bridgehead atoms. The van der Waals surface area contributed by atoms with Crippen molar-refractivity contribution in [1.29, 1.82) is 0 Å². The molecule has 6 heteroatoms. The highest BCUT2D eigenvalue weighted by Crippen LogP contribution is 2.41. The van der Waals surface area contributed by atoms with Crippen molar-refractivity contribution in [2.75, 3.05) is 20.3 Å². The molecular formula is C23H26N2O4. The van der Waals surface area contributed by atoms with E-state index in [9.17, 15) is 5.11 Å². The summed E-state index contributed by atoms with van der Waals surface area (Å²) in [5.74, 6) is 2.31. The molecule has 0 spiro atoms. The summed E-state index contributed by atoms with van der Waals surface area (Å²) in [6, 6.07) is 13.2. The molecule has 0 radical (unpaired) electrons. The van der Waals surface area contributed by atoms with E-state index in [1.54, 1.807) is 19.2 Å². The van der Waals surface area contributed by atoms with Gasteiger partial charge in [-0.3, -0.25) is 0 Å². The number of phenols is 1. The van der Waals surface area contributed by atoms with Crippen molar-refractivity contribution in [3.8, 4) is 28.7 Å². The van der Waals surface area contributed by atoms with Gasteiger partial charge < -0.3 is 29.2 Å². The molecule has 1 aromatic heterocycles. The van der Waals surface area contributed by atoms with Crippen molar-refractivity contribution in [3.63, 3.8) is 0 Å². The molecule has 4 rings (SSSR count). The molecule has 2 aromatic carbocycles. The normalized spacial score (nSPS) is 15.2. The van der Waals surface area contributed by atoms with Gasteiger partial charge in [-0.2, -0.15) is 0 Å². The van der Waals surface area contributed by atoms with Gasteiger partial charge in [-0.05, 0) is 49.7 Å². The van der Waals surface area contributed by atoms with E-state index >= 15 is 0 Å². The Hall–Kier alpha value is -3.12. The number of benzene rings is 2. The highest BCUT2D eigenvalue weighted by atomic mass is 16.5. The Bertz CT molecular complexity index is 1010. The molecule has 2 heterocycles. The molecule has 1 aliphatic rings. The minimum Gasteiger partial charge on any atom is -0.507 e. The van der Waals surface area contributed by atoms with Crippen LogP contribution in [0.3, 0.4) is 0 Å². The Labute approximate surface area is 170 Å². The first kappa shape index (κ1) is 19.2. The van der Waals surface area contributed by atoms with Crippen LogP contribution in [0.4, 0.5) is 0 Å². The maximum atomic E-state index is 10.6. The van der Waals surface area contributed by atoms with Gasteiger partial charge in [-0.25, -0.2) is 0 Å². The van der Waals surface area contributed by atoms with Crippen molar-refractivity contribution in [3.05, 3.63) is 65.5 Å². The predicted octanol–water partition coefficient (Wildman–Crippen LogP) is 4.18. The molecule has 0 saturated carbocycles. The minimum absolute atomic E-state index is 0.200. The summed E-state index contributed by atoms with van der Waals surface area (Å²) in [6.45, 7) is 5.66. The number of phenolic OH excluding ortho intramolecular Hbond substituents is 1. The van der Waals surface area contributed by atoms with Gasteiger partial charge in [0.15, 0.2) is 11.5 Å². The number of nitrogens with one attached hydrogen (secondary N) is 1. The van der Waals surface area contributed by atoms with Crippen LogP contribution < -0.4 is 19.5 Å². The SMILES string of the molecule is CCOc1cc2c(cc1OCC)-n1cccc1[C@H](c1c(O)cccc1OC)NC2. The topological polar surface area (TPSA) is 64.9 Å². The number of aromatic hydroxyl groups is 1. The Morgan fingerprint density at radius 1 is 1.03 bits per heavy atom. The van der Waals surface area contributed by atoms with Gasteiger partial charge in [0.1, 0.15) is 11.5 Å². The second kappa shape index (κ2) is 8.09. The number of rotatable bonds is 6. The van der Waals surface area contributed by atoms with Crippen molar-refractivity contribution < 1.29 is 19.3 Å². The molecule has 0 aliphatic carbocycles. The number of methoxy groups -OCH3 is 1. The third kappa shape index (κ3) is 3.40. The summed E-state index contributed by atoms with van der Waals surface area (Å²) < 4.78 is 19.3. The molecule has 1 aliphatic heterocycles. The maximum absolute atomic E-state index is 10.6. The average Bonchev–Trinajstić information content (AvgIpc) is 3.15. The van der Waals surface area contributed by atoms with E-state index in [1.807, 2.05) is 44.3 Å². The summed E-state index contributed by atoms with van der Waals surface area (Å²) in [5, 5.41) is 14.2. The van der Waals surface area contributed by atoms with E-state index < -0.39 is 0 Å². The average molecular weight is 394 g/mol. The van der Waals surface area contributed by atoms with E-state index in [1.165, 1.54) is 0 Å². The van der Waals surface area contributed by atoms with Crippen LogP contribution in [0.1, 0.15) is 36.7 Å². The lowest BCUT2D eigenvalue weighted by molar-refractivity contribution is 0.287. The zero-order valence-corrected chi connectivity index (χ0v) is 16.9. The first-order valence-electron chi connectivity index (χ1n) is 9.87.